The van der Waals surface area contributed by atoms with Crippen molar-refractivity contribution in [3.8, 4) is 0 Å². The summed E-state index contributed by atoms with van der Waals surface area (Å²) in [5.41, 5.74) is 1.33. The molecular weight excluding hydrogens is 210 g/mol. The van der Waals surface area contributed by atoms with Gasteiger partial charge >= 0.3 is 0 Å². The Morgan fingerprint density at radius 2 is 2.18 bits per heavy atom. The van der Waals surface area contributed by atoms with Gasteiger partial charge in [-0.25, -0.2) is 0 Å². The van der Waals surface area contributed by atoms with Crippen molar-refractivity contribution in [2.45, 2.75) is 44.9 Å². The molecule has 17 heavy (non-hydrogen) atoms. The van der Waals surface area contributed by atoms with E-state index in [1.165, 1.54) is 50.6 Å². The minimum Gasteiger partial charge on any atom is -0.316 e. The maximum Gasteiger partial charge on any atom is 0.0522 e. The van der Waals surface area contributed by atoms with E-state index in [-0.39, 0.29) is 0 Å². The summed E-state index contributed by atoms with van der Waals surface area (Å²) in [6.07, 6.45) is 13.8. The molecule has 1 heterocycles. The lowest BCUT2D eigenvalue weighted by Gasteiger charge is -2.08. The first-order valence-corrected chi connectivity index (χ1v) is 7.03. The second kappa shape index (κ2) is 6.80. The molecule has 0 aliphatic heterocycles. The summed E-state index contributed by atoms with van der Waals surface area (Å²) in [6, 6.07) is 0. The number of hydrogen-bond acceptors (Lipinski definition) is 2. The van der Waals surface area contributed by atoms with Crippen LogP contribution in [0.5, 0.6) is 0 Å². The first kappa shape index (κ1) is 12.6. The Morgan fingerprint density at radius 3 is 2.88 bits per heavy atom. The third kappa shape index (κ3) is 4.50. The summed E-state index contributed by atoms with van der Waals surface area (Å²) >= 11 is 0. The van der Waals surface area contributed by atoms with Gasteiger partial charge in [-0.3, -0.25) is 4.68 Å². The van der Waals surface area contributed by atoms with Gasteiger partial charge < -0.3 is 5.32 Å². The molecule has 3 nitrogen and oxygen atoms in total. The standard InChI is InChI=1S/C14H25N3/c1-17-12-14(11-16-17)8-10-15-9-4-7-13-5-2-3-6-13/h11-13,15H,2-10H2,1H3. The first-order valence-electron chi connectivity index (χ1n) is 7.03. The number of rotatable bonds is 7. The Bertz CT molecular complexity index is 313. The van der Waals surface area contributed by atoms with Gasteiger partial charge in [0.15, 0.2) is 0 Å². The first-order chi connectivity index (χ1) is 8.34. The molecule has 1 aromatic heterocycles. The minimum absolute atomic E-state index is 1.04. The fourth-order valence-electron chi connectivity index (χ4n) is 2.77. The molecule has 1 aromatic rings. The molecule has 0 atom stereocenters. The Hall–Kier alpha value is -0.830. The molecule has 0 spiro atoms. The van der Waals surface area contributed by atoms with Gasteiger partial charge in [-0.1, -0.05) is 25.7 Å². The molecule has 1 aliphatic rings. The lowest BCUT2D eigenvalue weighted by Crippen LogP contribution is -2.18. The van der Waals surface area contributed by atoms with Crippen molar-refractivity contribution in [3.63, 3.8) is 0 Å². The largest absolute Gasteiger partial charge is 0.316 e. The third-order valence-electron chi connectivity index (χ3n) is 3.79. The summed E-state index contributed by atoms with van der Waals surface area (Å²) in [5, 5.41) is 7.70. The van der Waals surface area contributed by atoms with Gasteiger partial charge in [0.05, 0.1) is 6.20 Å². The van der Waals surface area contributed by atoms with E-state index in [1.54, 1.807) is 0 Å². The number of hydrogen-bond donors (Lipinski definition) is 1. The van der Waals surface area contributed by atoms with Crippen LogP contribution in [0.3, 0.4) is 0 Å². The van der Waals surface area contributed by atoms with Crippen LogP contribution in [0.1, 0.15) is 44.1 Å². The van der Waals surface area contributed by atoms with E-state index in [9.17, 15) is 0 Å². The number of aryl methyl sites for hydroxylation is 1. The van der Waals surface area contributed by atoms with Crippen LogP contribution in [-0.4, -0.2) is 22.9 Å². The van der Waals surface area contributed by atoms with Gasteiger partial charge in [0.1, 0.15) is 0 Å². The smallest absolute Gasteiger partial charge is 0.0522 e. The molecule has 0 unspecified atom stereocenters. The molecule has 1 fully saturated rings. The summed E-state index contributed by atoms with van der Waals surface area (Å²) in [6.45, 7) is 2.26. The predicted molar refractivity (Wildman–Crippen MR) is 71.0 cm³/mol. The molecule has 96 valence electrons. The molecule has 0 amide bonds. The van der Waals surface area contributed by atoms with Crippen LogP contribution in [0.2, 0.25) is 0 Å². The molecule has 3 heteroatoms. The number of nitrogens with one attached hydrogen (secondary N) is 1. The lowest BCUT2D eigenvalue weighted by atomic mass is 10.0. The zero-order chi connectivity index (χ0) is 11.9. The van der Waals surface area contributed by atoms with E-state index in [1.807, 2.05) is 17.9 Å². The summed E-state index contributed by atoms with van der Waals surface area (Å²) in [5.74, 6) is 1.04. The van der Waals surface area contributed by atoms with Crippen LogP contribution in [-0.2, 0) is 13.5 Å². The highest BCUT2D eigenvalue weighted by Gasteiger charge is 2.13. The lowest BCUT2D eigenvalue weighted by molar-refractivity contribution is 0.471. The average molecular weight is 235 g/mol. The van der Waals surface area contributed by atoms with Crippen molar-refractivity contribution in [2.24, 2.45) is 13.0 Å². The second-order valence-corrected chi connectivity index (χ2v) is 5.31. The Morgan fingerprint density at radius 1 is 1.35 bits per heavy atom. The quantitative estimate of drug-likeness (QED) is 0.736. The average Bonchev–Trinajstić information content (AvgIpc) is 2.95. The van der Waals surface area contributed by atoms with Crippen molar-refractivity contribution in [1.82, 2.24) is 15.1 Å². The Kier molecular flexibility index (Phi) is 5.05. The Labute approximate surface area is 105 Å². The third-order valence-corrected chi connectivity index (χ3v) is 3.79. The second-order valence-electron chi connectivity index (χ2n) is 5.31. The van der Waals surface area contributed by atoms with E-state index in [2.05, 4.69) is 16.6 Å². The molecule has 0 radical (unpaired) electrons. The van der Waals surface area contributed by atoms with Gasteiger partial charge in [0.2, 0.25) is 0 Å². The topological polar surface area (TPSA) is 29.9 Å². The van der Waals surface area contributed by atoms with Gasteiger partial charge in [0, 0.05) is 13.2 Å². The van der Waals surface area contributed by atoms with E-state index in [0.29, 0.717) is 0 Å². The van der Waals surface area contributed by atoms with Gasteiger partial charge in [-0.05, 0) is 43.8 Å². The molecule has 1 saturated carbocycles. The van der Waals surface area contributed by atoms with Crippen molar-refractivity contribution in [2.75, 3.05) is 13.1 Å². The van der Waals surface area contributed by atoms with Crippen LogP contribution in [0.25, 0.3) is 0 Å². The molecule has 0 saturated heterocycles. The zero-order valence-electron chi connectivity index (χ0n) is 11.0. The summed E-state index contributed by atoms with van der Waals surface area (Å²) in [7, 11) is 1.97. The highest BCUT2D eigenvalue weighted by Crippen LogP contribution is 2.28. The SMILES string of the molecule is Cn1cc(CCNCCCC2CCCC2)cn1. The highest BCUT2D eigenvalue weighted by molar-refractivity contribution is 5.03. The maximum atomic E-state index is 4.17. The van der Waals surface area contributed by atoms with Crippen molar-refractivity contribution < 1.29 is 0 Å². The monoisotopic (exact) mass is 235 g/mol. The fraction of sp³-hybridized carbons (Fsp3) is 0.786. The zero-order valence-corrected chi connectivity index (χ0v) is 11.0. The fourth-order valence-corrected chi connectivity index (χ4v) is 2.77. The van der Waals surface area contributed by atoms with Crippen molar-refractivity contribution >= 4 is 0 Å². The molecule has 0 aromatic carbocycles. The van der Waals surface area contributed by atoms with Crippen LogP contribution < -0.4 is 5.32 Å². The van der Waals surface area contributed by atoms with Crippen LogP contribution in [0.15, 0.2) is 12.4 Å². The highest BCUT2D eigenvalue weighted by atomic mass is 15.2. The Balaban J connectivity index is 1.46. The minimum atomic E-state index is 1.04. The molecule has 0 bridgehead atoms. The molecule has 1 aliphatic carbocycles. The van der Waals surface area contributed by atoms with Crippen LogP contribution in [0, 0.1) is 5.92 Å². The maximum absolute atomic E-state index is 4.17. The normalized spacial score (nSPS) is 16.8. The van der Waals surface area contributed by atoms with Gasteiger partial charge in [0.25, 0.3) is 0 Å². The van der Waals surface area contributed by atoms with Crippen molar-refractivity contribution in [3.05, 3.63) is 18.0 Å². The molecular formula is C14H25N3. The summed E-state index contributed by atoms with van der Waals surface area (Å²) < 4.78 is 1.87. The van der Waals surface area contributed by atoms with Crippen LogP contribution >= 0.6 is 0 Å². The van der Waals surface area contributed by atoms with Crippen molar-refractivity contribution in [1.29, 1.82) is 0 Å². The molecule has 2 rings (SSSR count). The van der Waals surface area contributed by atoms with Gasteiger partial charge in [-0.2, -0.15) is 5.10 Å². The van der Waals surface area contributed by atoms with E-state index in [0.717, 1.165) is 18.9 Å². The summed E-state index contributed by atoms with van der Waals surface area (Å²) in [4.78, 5) is 0. The number of aromatic nitrogens is 2. The van der Waals surface area contributed by atoms with Crippen LogP contribution in [0.4, 0.5) is 0 Å². The van der Waals surface area contributed by atoms with E-state index >= 15 is 0 Å². The van der Waals surface area contributed by atoms with E-state index in [4.69, 9.17) is 0 Å². The van der Waals surface area contributed by atoms with E-state index < -0.39 is 0 Å². The molecule has 1 N–H and O–H groups in total. The number of nitrogens with zero attached hydrogens (tertiary/aromatic N) is 2. The van der Waals surface area contributed by atoms with Gasteiger partial charge in [-0.15, -0.1) is 0 Å². The predicted octanol–water partition coefficient (Wildman–Crippen LogP) is 2.52.